The zero-order valence-corrected chi connectivity index (χ0v) is 15.2. The molecule has 23 heavy (non-hydrogen) atoms. The summed E-state index contributed by atoms with van der Waals surface area (Å²) in [6.07, 6.45) is -13.7. The molecule has 0 saturated heterocycles. The fraction of sp³-hybridized carbons (Fsp3) is 0.923. The highest BCUT2D eigenvalue weighted by Gasteiger charge is 2.80. The normalized spacial score (nSPS) is 16.9. The molecule has 10 heteroatoms. The quantitative estimate of drug-likeness (QED) is 0.272. The lowest BCUT2D eigenvalue weighted by Gasteiger charge is -2.47. The molecule has 0 bridgehead atoms. The van der Waals surface area contributed by atoms with Crippen LogP contribution in [0.4, 0.5) is 26.3 Å². The average Bonchev–Trinajstić information content (AvgIpc) is 2.41. The lowest BCUT2D eigenvalue weighted by atomic mass is 9.77. The molecule has 3 nitrogen and oxygen atoms in total. The van der Waals surface area contributed by atoms with Gasteiger partial charge in [-0.25, -0.2) is 0 Å². The maximum Gasteiger partial charge on any atom is 0.430 e. The molecule has 0 spiro atoms. The van der Waals surface area contributed by atoms with Gasteiger partial charge in [-0.3, -0.25) is 4.79 Å². The minimum absolute atomic E-state index is 0.131. The third-order valence-corrected chi connectivity index (χ3v) is 5.20. The largest absolute Gasteiger partial charge is 0.454 e. The molecule has 0 fully saturated rings. The third-order valence-electron chi connectivity index (χ3n) is 4.00. The van der Waals surface area contributed by atoms with Gasteiger partial charge in [-0.2, -0.15) is 26.3 Å². The van der Waals surface area contributed by atoms with Gasteiger partial charge in [0.05, 0.1) is 0 Å². The van der Waals surface area contributed by atoms with Crippen LogP contribution in [0.15, 0.2) is 0 Å². The number of hydrogen-bond acceptors (Lipinski definition) is 3. The van der Waals surface area contributed by atoms with Crippen molar-refractivity contribution < 1.29 is 41.0 Å². The van der Waals surface area contributed by atoms with Gasteiger partial charge in [0.1, 0.15) is 3.42 Å². The van der Waals surface area contributed by atoms with E-state index in [0.29, 0.717) is 0 Å². The molecule has 0 radical (unpaired) electrons. The Morgan fingerprint density at radius 2 is 1.30 bits per heavy atom. The Kier molecular flexibility index (Phi) is 6.85. The van der Waals surface area contributed by atoms with Crippen LogP contribution in [0.1, 0.15) is 47.0 Å². The molecule has 0 rings (SSSR count). The van der Waals surface area contributed by atoms with E-state index < -0.39 is 45.8 Å². The van der Waals surface area contributed by atoms with Crippen molar-refractivity contribution in [2.75, 3.05) is 0 Å². The fourth-order valence-corrected chi connectivity index (χ4v) is 2.20. The zero-order valence-electron chi connectivity index (χ0n) is 13.0. The Bertz CT molecular complexity index is 412. The minimum Gasteiger partial charge on any atom is -0.454 e. The second kappa shape index (κ2) is 6.93. The number of carbonyl (C=O) groups excluding carboxylic acids is 1. The molecule has 0 aliphatic heterocycles. The highest BCUT2D eigenvalue weighted by Crippen LogP contribution is 2.53. The van der Waals surface area contributed by atoms with Crippen molar-refractivity contribution in [3.8, 4) is 0 Å². The Morgan fingerprint density at radius 3 is 1.52 bits per heavy atom. The molecule has 1 atom stereocenters. The first-order valence-corrected chi connectivity index (χ1v) is 7.92. The molecular formula is C13H19F6IO3. The molecular weight excluding hydrogens is 445 g/mol. The van der Waals surface area contributed by atoms with Gasteiger partial charge in [-0.15, -0.1) is 0 Å². The Labute approximate surface area is 143 Å². The summed E-state index contributed by atoms with van der Waals surface area (Å²) in [4.78, 5) is 12.1. The number of halogens is 7. The number of esters is 1. The van der Waals surface area contributed by atoms with Gasteiger partial charge < -0.3 is 9.84 Å². The van der Waals surface area contributed by atoms with E-state index >= 15 is 0 Å². The van der Waals surface area contributed by atoms with Crippen molar-refractivity contribution in [2.24, 2.45) is 0 Å². The number of rotatable bonds is 6. The van der Waals surface area contributed by atoms with Crippen LogP contribution in [0.5, 0.6) is 0 Å². The van der Waals surface area contributed by atoms with Gasteiger partial charge in [0.25, 0.3) is 5.60 Å². The van der Waals surface area contributed by atoms with Gasteiger partial charge in [-0.05, 0) is 26.2 Å². The molecule has 1 unspecified atom stereocenters. The third kappa shape index (κ3) is 3.88. The predicted octanol–water partition coefficient (Wildman–Crippen LogP) is 4.55. The van der Waals surface area contributed by atoms with Crippen molar-refractivity contribution in [1.29, 1.82) is 0 Å². The predicted molar refractivity (Wildman–Crippen MR) is 79.2 cm³/mol. The molecule has 0 aromatic rings. The minimum atomic E-state index is -6.06. The first kappa shape index (κ1) is 22.7. The van der Waals surface area contributed by atoms with Gasteiger partial charge >= 0.3 is 18.3 Å². The van der Waals surface area contributed by atoms with Crippen LogP contribution < -0.4 is 0 Å². The van der Waals surface area contributed by atoms with E-state index in [1.807, 2.05) is 0 Å². The summed E-state index contributed by atoms with van der Waals surface area (Å²) < 4.78 is 82.2. The van der Waals surface area contributed by atoms with Crippen molar-refractivity contribution in [2.45, 2.75) is 73.9 Å². The summed E-state index contributed by atoms with van der Waals surface area (Å²) in [5.41, 5.74) is -8.32. The maximum atomic E-state index is 13.1. The molecule has 1 N–H and O–H groups in total. The summed E-state index contributed by atoms with van der Waals surface area (Å²) >= 11 is 1.59. The van der Waals surface area contributed by atoms with Crippen molar-refractivity contribution in [3.63, 3.8) is 0 Å². The van der Waals surface area contributed by atoms with E-state index in [1.165, 1.54) is 13.8 Å². The van der Waals surface area contributed by atoms with E-state index in [-0.39, 0.29) is 6.42 Å². The first-order chi connectivity index (χ1) is 10.1. The van der Waals surface area contributed by atoms with Crippen molar-refractivity contribution >= 4 is 28.6 Å². The van der Waals surface area contributed by atoms with Crippen LogP contribution in [0.3, 0.4) is 0 Å². The molecule has 0 aliphatic rings. The highest BCUT2D eigenvalue weighted by molar-refractivity contribution is 14.1. The average molecular weight is 464 g/mol. The second-order valence-electron chi connectivity index (χ2n) is 5.35. The maximum absolute atomic E-state index is 13.1. The van der Waals surface area contributed by atoms with Crippen LogP contribution in [0, 0.1) is 0 Å². The van der Waals surface area contributed by atoms with Crippen LogP contribution in [-0.4, -0.2) is 38.1 Å². The van der Waals surface area contributed by atoms with Crippen LogP contribution >= 0.6 is 22.6 Å². The molecule has 138 valence electrons. The summed E-state index contributed by atoms with van der Waals surface area (Å²) in [7, 11) is 0. The topological polar surface area (TPSA) is 46.5 Å². The van der Waals surface area contributed by atoms with E-state index in [4.69, 9.17) is 0 Å². The molecule has 0 saturated carbocycles. The smallest absolute Gasteiger partial charge is 0.430 e. The Balaban J connectivity index is 6.25. The summed E-state index contributed by atoms with van der Waals surface area (Å²) in [5, 5.41) is 9.65. The summed E-state index contributed by atoms with van der Waals surface area (Å²) in [6.45, 7) is 4.85. The molecule has 0 aromatic carbocycles. The number of ether oxygens (including phenoxy) is 1. The molecule has 0 heterocycles. The zero-order chi connectivity index (χ0) is 18.9. The molecule has 0 aromatic heterocycles. The van der Waals surface area contributed by atoms with Crippen LogP contribution in [0.2, 0.25) is 0 Å². The van der Waals surface area contributed by atoms with Crippen molar-refractivity contribution in [3.05, 3.63) is 0 Å². The first-order valence-electron chi connectivity index (χ1n) is 6.84. The van der Waals surface area contributed by atoms with Crippen molar-refractivity contribution in [1.82, 2.24) is 0 Å². The highest BCUT2D eigenvalue weighted by atomic mass is 127. The van der Waals surface area contributed by atoms with Crippen LogP contribution in [0.25, 0.3) is 0 Å². The fourth-order valence-electron chi connectivity index (χ4n) is 2.09. The number of alkyl halides is 7. The number of carbonyl (C=O) groups is 1. The number of hydrogen-bond donors (Lipinski definition) is 1. The SMILES string of the molecule is CCC(C)(I)C(=O)OC(CC)(CC)C(O)(C(F)(F)F)C(F)(F)F. The van der Waals surface area contributed by atoms with Gasteiger partial charge in [-0.1, -0.05) is 43.4 Å². The molecule has 0 aliphatic carbocycles. The molecule has 0 amide bonds. The standard InChI is InChI=1S/C13H19F6IO3/c1-5-9(4,20)8(21)23-10(6-2,7-3)11(22,12(14,15)16)13(17,18)19/h22H,5-7H2,1-4H3. The van der Waals surface area contributed by atoms with E-state index in [9.17, 15) is 36.2 Å². The Hall–Kier alpha value is -0.260. The van der Waals surface area contributed by atoms with Gasteiger partial charge in [0.15, 0.2) is 5.60 Å². The monoisotopic (exact) mass is 464 g/mol. The van der Waals surface area contributed by atoms with E-state index in [1.54, 1.807) is 22.6 Å². The lowest BCUT2D eigenvalue weighted by molar-refractivity contribution is -0.413. The van der Waals surface area contributed by atoms with E-state index in [2.05, 4.69) is 4.74 Å². The lowest BCUT2D eigenvalue weighted by Crippen LogP contribution is -2.72. The number of aliphatic hydroxyl groups is 1. The Morgan fingerprint density at radius 1 is 0.957 bits per heavy atom. The van der Waals surface area contributed by atoms with Crippen LogP contribution in [-0.2, 0) is 9.53 Å². The second-order valence-corrected chi connectivity index (χ2v) is 7.73. The van der Waals surface area contributed by atoms with Gasteiger partial charge in [0.2, 0.25) is 0 Å². The summed E-state index contributed by atoms with van der Waals surface area (Å²) in [6, 6.07) is 0. The summed E-state index contributed by atoms with van der Waals surface area (Å²) in [5.74, 6) is -1.24. The van der Waals surface area contributed by atoms with Gasteiger partial charge in [0, 0.05) is 0 Å². The van der Waals surface area contributed by atoms with E-state index in [0.717, 1.165) is 13.8 Å².